The van der Waals surface area contributed by atoms with Crippen LogP contribution in [0.15, 0.2) is 47.4 Å². The average molecular weight is 490 g/mol. The summed E-state index contributed by atoms with van der Waals surface area (Å²) in [6, 6.07) is 11.2. The van der Waals surface area contributed by atoms with Crippen LogP contribution in [0.1, 0.15) is 21.6 Å². The average Bonchev–Trinajstić information content (AvgIpc) is 3.35. The summed E-state index contributed by atoms with van der Waals surface area (Å²) in [5, 5.41) is 8.49. The predicted octanol–water partition coefficient (Wildman–Crippen LogP) is 4.25. The number of nitrogens with zero attached hydrogens (tertiary/aromatic N) is 4. The molecule has 1 N–H and O–H groups in total. The molecule has 4 rings (SSSR count). The minimum atomic E-state index is -3.57. The Bertz CT molecular complexity index is 1400. The monoisotopic (exact) mass is 489 g/mol. The number of carbonyl (C=O) groups is 1. The molecule has 4 aromatic rings. The first kappa shape index (κ1) is 22.4. The van der Waals surface area contributed by atoms with E-state index in [1.54, 1.807) is 10.7 Å². The molecule has 166 valence electrons. The zero-order valence-electron chi connectivity index (χ0n) is 17.7. The number of amides is 1. The maximum atomic E-state index is 12.8. The number of halogens is 1. The van der Waals surface area contributed by atoms with Crippen molar-refractivity contribution in [1.29, 1.82) is 0 Å². The molecule has 0 fully saturated rings. The Labute approximate surface area is 194 Å². The summed E-state index contributed by atoms with van der Waals surface area (Å²) in [7, 11) is -0.659. The van der Waals surface area contributed by atoms with Crippen molar-refractivity contribution in [3.63, 3.8) is 0 Å². The highest BCUT2D eigenvalue weighted by Crippen LogP contribution is 2.34. The van der Waals surface area contributed by atoms with Crippen LogP contribution in [0, 0.1) is 13.8 Å². The van der Waals surface area contributed by atoms with E-state index in [9.17, 15) is 13.2 Å². The first-order chi connectivity index (χ1) is 15.1. The zero-order chi connectivity index (χ0) is 23.2. The largest absolute Gasteiger partial charge is 0.306 e. The molecule has 11 heteroatoms. The Balaban J connectivity index is 1.65. The number of rotatable bonds is 5. The summed E-state index contributed by atoms with van der Waals surface area (Å²) in [5.74, 6) is 0.0561. The fourth-order valence-electron chi connectivity index (χ4n) is 3.09. The highest BCUT2D eigenvalue weighted by molar-refractivity contribution is 7.89. The fourth-order valence-corrected chi connectivity index (χ4v) is 5.28. The Hall–Kier alpha value is -2.79. The third-order valence-electron chi connectivity index (χ3n) is 4.84. The van der Waals surface area contributed by atoms with Gasteiger partial charge in [0.05, 0.1) is 25.8 Å². The van der Waals surface area contributed by atoms with Gasteiger partial charge >= 0.3 is 0 Å². The molecule has 2 aromatic heterocycles. The predicted molar refractivity (Wildman–Crippen MR) is 126 cm³/mol. The second-order valence-corrected chi connectivity index (χ2v) is 10.9. The van der Waals surface area contributed by atoms with Crippen LogP contribution in [0.5, 0.6) is 0 Å². The van der Waals surface area contributed by atoms with E-state index < -0.39 is 15.9 Å². The van der Waals surface area contributed by atoms with Crippen molar-refractivity contribution in [2.24, 2.45) is 0 Å². The van der Waals surface area contributed by atoms with Gasteiger partial charge in [-0.25, -0.2) is 17.7 Å². The van der Waals surface area contributed by atoms with Crippen LogP contribution in [0.4, 0.5) is 5.82 Å². The number of fused-ring (bicyclic) bond motifs is 1. The molecule has 0 radical (unpaired) electrons. The third kappa shape index (κ3) is 4.02. The molecule has 32 heavy (non-hydrogen) atoms. The van der Waals surface area contributed by atoms with Gasteiger partial charge in [-0.3, -0.25) is 4.79 Å². The lowest BCUT2D eigenvalue weighted by atomic mass is 10.2. The molecule has 2 heterocycles. The van der Waals surface area contributed by atoms with Crippen LogP contribution in [0.3, 0.4) is 0 Å². The van der Waals surface area contributed by atoms with Gasteiger partial charge < -0.3 is 5.32 Å². The summed E-state index contributed by atoms with van der Waals surface area (Å²) in [4.78, 5) is 17.6. The highest BCUT2D eigenvalue weighted by atomic mass is 35.5. The van der Waals surface area contributed by atoms with Crippen molar-refractivity contribution in [2.75, 3.05) is 19.4 Å². The fraction of sp³-hybridized carbons (Fsp3) is 0.190. The van der Waals surface area contributed by atoms with Crippen molar-refractivity contribution in [3.05, 3.63) is 64.3 Å². The molecule has 0 saturated carbocycles. The third-order valence-corrected chi connectivity index (χ3v) is 8.16. The lowest BCUT2D eigenvalue weighted by molar-refractivity contribution is 0.102. The molecular formula is C21H20ClN5O3S2. The number of hydrogen-bond donors (Lipinski definition) is 1. The first-order valence-corrected chi connectivity index (χ1v) is 12.2. The molecule has 0 aliphatic rings. The minimum absolute atomic E-state index is 0.113. The molecule has 8 nitrogen and oxygen atoms in total. The second-order valence-electron chi connectivity index (χ2n) is 7.39. The van der Waals surface area contributed by atoms with Crippen LogP contribution in [-0.2, 0) is 10.0 Å². The van der Waals surface area contributed by atoms with Gasteiger partial charge in [0.15, 0.2) is 0 Å². The first-order valence-electron chi connectivity index (χ1n) is 9.54. The number of aryl methyl sites for hydroxylation is 2. The molecular weight excluding hydrogens is 470 g/mol. The van der Waals surface area contributed by atoms with E-state index in [2.05, 4.69) is 15.4 Å². The van der Waals surface area contributed by atoms with E-state index in [1.807, 2.05) is 26.0 Å². The van der Waals surface area contributed by atoms with Crippen LogP contribution >= 0.6 is 22.9 Å². The lowest BCUT2D eigenvalue weighted by Gasteiger charge is -2.11. The Morgan fingerprint density at radius 1 is 1.12 bits per heavy atom. The molecule has 0 aliphatic heterocycles. The number of sulfonamides is 1. The summed E-state index contributed by atoms with van der Waals surface area (Å²) < 4.78 is 28.0. The van der Waals surface area contributed by atoms with E-state index in [0.29, 0.717) is 27.2 Å². The van der Waals surface area contributed by atoms with Crippen molar-refractivity contribution >= 4 is 54.9 Å². The van der Waals surface area contributed by atoms with Gasteiger partial charge in [0.2, 0.25) is 15.2 Å². The van der Waals surface area contributed by atoms with Crippen LogP contribution < -0.4 is 5.32 Å². The number of nitrogens with one attached hydrogen (secondary N) is 1. The number of anilines is 1. The molecule has 0 spiro atoms. The standard InChI is InChI=1S/C21H20ClN5O3S2/c1-12-5-10-16(22)19-18(12)24-21(31-19)27-17(11-13(2)25-27)23-20(28)14-6-8-15(9-7-14)32(29,30)26(3)4/h5-11H,1-4H3,(H,23,28). The molecule has 0 atom stereocenters. The second kappa shape index (κ2) is 8.28. The van der Waals surface area contributed by atoms with Crippen LogP contribution in [-0.4, -0.2) is 47.5 Å². The minimum Gasteiger partial charge on any atom is -0.306 e. The van der Waals surface area contributed by atoms with Gasteiger partial charge in [0.25, 0.3) is 5.91 Å². The summed E-state index contributed by atoms with van der Waals surface area (Å²) in [6.07, 6.45) is 0. The van der Waals surface area contributed by atoms with Crippen molar-refractivity contribution < 1.29 is 13.2 Å². The number of thiazole rings is 1. The van der Waals surface area contributed by atoms with Crippen LogP contribution in [0.25, 0.3) is 15.3 Å². The van der Waals surface area contributed by atoms with E-state index in [4.69, 9.17) is 11.6 Å². The maximum Gasteiger partial charge on any atom is 0.256 e. The van der Waals surface area contributed by atoms with Crippen molar-refractivity contribution in [1.82, 2.24) is 19.1 Å². The maximum absolute atomic E-state index is 12.8. The molecule has 0 aliphatic carbocycles. The van der Waals surface area contributed by atoms with E-state index >= 15 is 0 Å². The highest BCUT2D eigenvalue weighted by Gasteiger charge is 2.19. The molecule has 1 amide bonds. The Kier molecular flexibility index (Phi) is 5.80. The van der Waals surface area contributed by atoms with Gasteiger partial charge in [-0.1, -0.05) is 29.0 Å². The Morgan fingerprint density at radius 3 is 2.44 bits per heavy atom. The SMILES string of the molecule is Cc1cc(NC(=O)c2ccc(S(=O)(=O)N(C)C)cc2)n(-c2nc3c(C)ccc(Cl)c3s2)n1. The topological polar surface area (TPSA) is 97.2 Å². The van der Waals surface area contributed by atoms with Crippen molar-refractivity contribution in [2.45, 2.75) is 18.7 Å². The summed E-state index contributed by atoms with van der Waals surface area (Å²) >= 11 is 7.71. The molecule has 0 saturated heterocycles. The summed E-state index contributed by atoms with van der Waals surface area (Å²) in [6.45, 7) is 3.78. The lowest BCUT2D eigenvalue weighted by Crippen LogP contribution is -2.22. The Morgan fingerprint density at radius 2 is 1.81 bits per heavy atom. The van der Waals surface area contributed by atoms with Gasteiger partial charge in [0, 0.05) is 25.7 Å². The smallest absolute Gasteiger partial charge is 0.256 e. The van der Waals surface area contributed by atoms with E-state index in [1.165, 1.54) is 49.7 Å². The molecule has 0 bridgehead atoms. The molecule has 0 unspecified atom stereocenters. The van der Waals surface area contributed by atoms with Gasteiger partial charge in [-0.05, 0) is 49.7 Å². The zero-order valence-corrected chi connectivity index (χ0v) is 20.1. The normalized spacial score (nSPS) is 11.9. The quantitative estimate of drug-likeness (QED) is 0.452. The van der Waals surface area contributed by atoms with E-state index in [-0.39, 0.29) is 4.90 Å². The molecule has 2 aromatic carbocycles. The number of aromatic nitrogens is 3. The van der Waals surface area contributed by atoms with Gasteiger partial charge in [-0.2, -0.15) is 9.78 Å². The number of carbonyl (C=O) groups excluding carboxylic acids is 1. The van der Waals surface area contributed by atoms with Gasteiger partial charge in [0.1, 0.15) is 5.82 Å². The summed E-state index contributed by atoms with van der Waals surface area (Å²) in [5.41, 5.74) is 2.81. The van der Waals surface area contributed by atoms with Gasteiger partial charge in [-0.15, -0.1) is 0 Å². The van der Waals surface area contributed by atoms with Crippen LogP contribution in [0.2, 0.25) is 5.02 Å². The number of hydrogen-bond acceptors (Lipinski definition) is 6. The van der Waals surface area contributed by atoms with E-state index in [0.717, 1.165) is 20.1 Å². The number of benzene rings is 2. The van der Waals surface area contributed by atoms with Crippen molar-refractivity contribution in [3.8, 4) is 5.13 Å².